The highest BCUT2D eigenvalue weighted by atomic mass is 19.1. The zero-order valence-corrected chi connectivity index (χ0v) is 12.2. The average molecular weight is 272 g/mol. The predicted molar refractivity (Wildman–Crippen MR) is 71.9 cm³/mol. The SMILES string of the molecule is CC(C)(C)OC(=O)N1CCC2(CCNCC2F)CC1. The maximum absolute atomic E-state index is 14.1. The smallest absolute Gasteiger partial charge is 0.410 e. The predicted octanol–water partition coefficient (Wildman–Crippen LogP) is 2.34. The van der Waals surface area contributed by atoms with Gasteiger partial charge in [0.2, 0.25) is 0 Å². The van der Waals surface area contributed by atoms with Crippen LogP contribution in [0, 0.1) is 5.41 Å². The molecule has 0 saturated carbocycles. The van der Waals surface area contributed by atoms with E-state index < -0.39 is 11.8 Å². The van der Waals surface area contributed by atoms with Crippen molar-refractivity contribution >= 4 is 6.09 Å². The Morgan fingerprint density at radius 2 is 1.95 bits per heavy atom. The van der Waals surface area contributed by atoms with Gasteiger partial charge < -0.3 is 15.0 Å². The highest BCUT2D eigenvalue weighted by Gasteiger charge is 2.44. The van der Waals surface area contributed by atoms with Crippen molar-refractivity contribution in [3.05, 3.63) is 0 Å². The molecule has 19 heavy (non-hydrogen) atoms. The number of rotatable bonds is 0. The first-order valence-corrected chi connectivity index (χ1v) is 7.15. The number of nitrogens with one attached hydrogen (secondary N) is 1. The summed E-state index contributed by atoms with van der Waals surface area (Å²) in [4.78, 5) is 13.7. The monoisotopic (exact) mass is 272 g/mol. The number of hydrogen-bond acceptors (Lipinski definition) is 3. The second-order valence-corrected chi connectivity index (χ2v) is 6.75. The average Bonchev–Trinajstić information content (AvgIpc) is 2.32. The van der Waals surface area contributed by atoms with Gasteiger partial charge >= 0.3 is 6.09 Å². The quantitative estimate of drug-likeness (QED) is 0.736. The normalized spacial score (nSPS) is 27.4. The van der Waals surface area contributed by atoms with Crippen molar-refractivity contribution in [1.29, 1.82) is 0 Å². The number of carbonyl (C=O) groups excluding carboxylic acids is 1. The van der Waals surface area contributed by atoms with Gasteiger partial charge in [0.1, 0.15) is 11.8 Å². The van der Waals surface area contributed by atoms with Gasteiger partial charge in [-0.3, -0.25) is 0 Å². The first-order chi connectivity index (χ1) is 8.82. The van der Waals surface area contributed by atoms with Crippen molar-refractivity contribution in [3.63, 3.8) is 0 Å². The maximum Gasteiger partial charge on any atom is 0.410 e. The number of hydrogen-bond donors (Lipinski definition) is 1. The topological polar surface area (TPSA) is 41.6 Å². The van der Waals surface area contributed by atoms with Gasteiger partial charge in [0.05, 0.1) is 0 Å². The van der Waals surface area contributed by atoms with E-state index in [-0.39, 0.29) is 11.5 Å². The third-order valence-corrected chi connectivity index (χ3v) is 4.20. The lowest BCUT2D eigenvalue weighted by Crippen LogP contribution is -2.53. The molecule has 1 atom stereocenters. The Bertz CT molecular complexity index is 333. The summed E-state index contributed by atoms with van der Waals surface area (Å²) in [5.74, 6) is 0. The molecular weight excluding hydrogens is 247 g/mol. The van der Waals surface area contributed by atoms with Crippen molar-refractivity contribution in [3.8, 4) is 0 Å². The molecule has 0 aromatic rings. The number of carbonyl (C=O) groups is 1. The fraction of sp³-hybridized carbons (Fsp3) is 0.929. The summed E-state index contributed by atoms with van der Waals surface area (Å²) in [6.45, 7) is 8.13. The first kappa shape index (κ1) is 14.6. The second-order valence-electron chi connectivity index (χ2n) is 6.75. The molecule has 5 heteroatoms. The minimum absolute atomic E-state index is 0.218. The van der Waals surface area contributed by atoms with E-state index in [0.29, 0.717) is 19.6 Å². The highest BCUT2D eigenvalue weighted by molar-refractivity contribution is 5.68. The Labute approximate surface area is 114 Å². The number of nitrogens with zero attached hydrogens (tertiary/aromatic N) is 1. The van der Waals surface area contributed by atoms with Gasteiger partial charge in [-0.2, -0.15) is 0 Å². The third kappa shape index (κ3) is 3.38. The molecule has 0 radical (unpaired) electrons. The van der Waals surface area contributed by atoms with Crippen LogP contribution >= 0.6 is 0 Å². The van der Waals surface area contributed by atoms with E-state index in [4.69, 9.17) is 4.74 Å². The lowest BCUT2D eigenvalue weighted by atomic mass is 9.70. The molecule has 0 aliphatic carbocycles. The van der Waals surface area contributed by atoms with E-state index in [1.165, 1.54) is 0 Å². The molecule has 4 nitrogen and oxygen atoms in total. The Morgan fingerprint density at radius 1 is 1.32 bits per heavy atom. The maximum atomic E-state index is 14.1. The Morgan fingerprint density at radius 3 is 2.47 bits per heavy atom. The molecule has 1 spiro atoms. The fourth-order valence-electron chi connectivity index (χ4n) is 2.96. The van der Waals surface area contributed by atoms with Crippen molar-refractivity contribution in [2.75, 3.05) is 26.2 Å². The molecule has 2 rings (SSSR count). The Kier molecular flexibility index (Phi) is 4.04. The van der Waals surface area contributed by atoms with Crippen LogP contribution < -0.4 is 5.32 Å². The summed E-state index contributed by atoms with van der Waals surface area (Å²) in [6.07, 6.45) is 1.30. The number of amides is 1. The number of ether oxygens (including phenoxy) is 1. The van der Waals surface area contributed by atoms with E-state index >= 15 is 0 Å². The van der Waals surface area contributed by atoms with Crippen LogP contribution in [0.5, 0.6) is 0 Å². The summed E-state index contributed by atoms with van der Waals surface area (Å²) in [5.41, 5.74) is -0.687. The van der Waals surface area contributed by atoms with Gasteiger partial charge in [-0.1, -0.05) is 0 Å². The lowest BCUT2D eigenvalue weighted by molar-refractivity contribution is -0.0176. The van der Waals surface area contributed by atoms with Gasteiger partial charge in [0.15, 0.2) is 0 Å². The molecule has 1 N–H and O–H groups in total. The summed E-state index contributed by atoms with van der Waals surface area (Å²) in [5, 5.41) is 3.09. The molecule has 2 aliphatic rings. The molecule has 2 fully saturated rings. The molecule has 1 unspecified atom stereocenters. The molecule has 2 aliphatic heterocycles. The minimum atomic E-state index is -0.790. The van der Waals surface area contributed by atoms with E-state index in [1.807, 2.05) is 20.8 Å². The van der Waals surface area contributed by atoms with Crippen LogP contribution in [0.25, 0.3) is 0 Å². The Balaban J connectivity index is 1.90. The van der Waals surface area contributed by atoms with E-state index in [1.54, 1.807) is 4.90 Å². The minimum Gasteiger partial charge on any atom is -0.444 e. The molecule has 0 bridgehead atoms. The van der Waals surface area contributed by atoms with Crippen LogP contribution in [-0.2, 0) is 4.74 Å². The number of alkyl halides is 1. The van der Waals surface area contributed by atoms with Crippen LogP contribution in [-0.4, -0.2) is 48.9 Å². The van der Waals surface area contributed by atoms with Crippen LogP contribution in [0.15, 0.2) is 0 Å². The van der Waals surface area contributed by atoms with Crippen molar-refractivity contribution in [2.24, 2.45) is 5.41 Å². The van der Waals surface area contributed by atoms with Crippen LogP contribution in [0.4, 0.5) is 9.18 Å². The number of likely N-dealkylation sites (tertiary alicyclic amines) is 1. The number of piperidine rings is 2. The zero-order chi connectivity index (χ0) is 14.1. The summed E-state index contributed by atoms with van der Waals surface area (Å²) in [7, 11) is 0. The van der Waals surface area contributed by atoms with Crippen molar-refractivity contribution < 1.29 is 13.9 Å². The molecule has 1 amide bonds. The van der Waals surface area contributed by atoms with Gasteiger partial charge in [0.25, 0.3) is 0 Å². The van der Waals surface area contributed by atoms with Gasteiger partial charge in [-0.05, 0) is 46.6 Å². The molecule has 2 heterocycles. The molecule has 2 saturated heterocycles. The molecule has 0 aromatic heterocycles. The van der Waals surface area contributed by atoms with E-state index in [2.05, 4.69) is 5.32 Å². The zero-order valence-electron chi connectivity index (χ0n) is 12.2. The summed E-state index contributed by atoms with van der Waals surface area (Å²) >= 11 is 0. The standard InChI is InChI=1S/C14H25FN2O2/c1-13(2,3)19-12(18)17-8-5-14(6-9-17)4-7-16-10-11(14)15/h11,16H,4-10H2,1-3H3. The molecule has 110 valence electrons. The van der Waals surface area contributed by atoms with E-state index in [0.717, 1.165) is 25.8 Å². The van der Waals surface area contributed by atoms with Gasteiger partial charge in [-0.15, -0.1) is 0 Å². The third-order valence-electron chi connectivity index (χ3n) is 4.20. The van der Waals surface area contributed by atoms with Gasteiger partial charge in [0, 0.05) is 25.0 Å². The lowest BCUT2D eigenvalue weighted by Gasteiger charge is -2.46. The van der Waals surface area contributed by atoms with E-state index in [9.17, 15) is 9.18 Å². The van der Waals surface area contributed by atoms with Crippen molar-refractivity contribution in [1.82, 2.24) is 10.2 Å². The van der Waals surface area contributed by atoms with Gasteiger partial charge in [-0.25, -0.2) is 9.18 Å². The molecule has 0 aromatic carbocycles. The van der Waals surface area contributed by atoms with Crippen molar-refractivity contribution in [2.45, 2.75) is 51.8 Å². The largest absolute Gasteiger partial charge is 0.444 e. The highest BCUT2D eigenvalue weighted by Crippen LogP contribution is 2.41. The summed E-state index contributed by atoms with van der Waals surface area (Å²) < 4.78 is 19.5. The van der Waals surface area contributed by atoms with Crippen LogP contribution in [0.3, 0.4) is 0 Å². The van der Waals surface area contributed by atoms with Crippen LogP contribution in [0.2, 0.25) is 0 Å². The Hall–Kier alpha value is -0.840. The first-order valence-electron chi connectivity index (χ1n) is 7.15. The number of halogens is 1. The summed E-state index contributed by atoms with van der Waals surface area (Å²) in [6, 6.07) is 0. The molecular formula is C14H25FN2O2. The fourth-order valence-corrected chi connectivity index (χ4v) is 2.96. The second kappa shape index (κ2) is 5.27. The van der Waals surface area contributed by atoms with Crippen LogP contribution in [0.1, 0.15) is 40.0 Å².